The summed E-state index contributed by atoms with van der Waals surface area (Å²) >= 11 is 7.26. The maximum Gasteiger partial charge on any atom is 0.0727 e. The van der Waals surface area contributed by atoms with Crippen LogP contribution in [0.1, 0.15) is 25.3 Å². The molecule has 0 atom stereocenters. The van der Waals surface area contributed by atoms with Gasteiger partial charge in [-0.15, -0.1) is 23.4 Å². The first-order valence-electron chi connectivity index (χ1n) is 4.02. The lowest BCUT2D eigenvalue weighted by molar-refractivity contribution is 0.865. The molecule has 0 aliphatic rings. The van der Waals surface area contributed by atoms with Gasteiger partial charge in [-0.25, -0.2) is 0 Å². The fourth-order valence-corrected chi connectivity index (χ4v) is 1.84. The summed E-state index contributed by atoms with van der Waals surface area (Å²) in [6.07, 6.45) is 0. The maximum atomic E-state index is 5.60. The smallest absolute Gasteiger partial charge is 0.0727 e. The van der Waals surface area contributed by atoms with Crippen LogP contribution >= 0.6 is 23.4 Å². The summed E-state index contributed by atoms with van der Waals surface area (Å²) in [5, 5.41) is 0.626. The Bertz CT molecular complexity index is 228. The molecule has 2 heteroatoms. The average Bonchev–Trinajstić information content (AvgIpc) is 2.06. The molecular formula is C10H13ClS. The van der Waals surface area contributed by atoms with E-state index in [0.29, 0.717) is 11.1 Å². The lowest BCUT2D eigenvalue weighted by Gasteiger charge is -2.05. The van der Waals surface area contributed by atoms with Crippen molar-refractivity contribution in [1.82, 2.24) is 0 Å². The van der Waals surface area contributed by atoms with Gasteiger partial charge >= 0.3 is 0 Å². The van der Waals surface area contributed by atoms with E-state index >= 15 is 0 Å². The van der Waals surface area contributed by atoms with Gasteiger partial charge in [-0.05, 0) is 23.6 Å². The number of alkyl halides is 1. The van der Waals surface area contributed by atoms with Gasteiger partial charge in [0.05, 0.1) is 5.21 Å². The standard InChI is InChI=1S/C10H13ClS/c1-8(2)9-3-5-10(6-4-9)12-7-11/h3-6,8H,7H2,1-2H3. The van der Waals surface area contributed by atoms with Gasteiger partial charge in [0.15, 0.2) is 0 Å². The summed E-state index contributed by atoms with van der Waals surface area (Å²) < 4.78 is 0. The normalized spacial score (nSPS) is 10.7. The highest BCUT2D eigenvalue weighted by Crippen LogP contribution is 2.22. The second kappa shape index (κ2) is 4.78. The van der Waals surface area contributed by atoms with Crippen LogP contribution in [0.2, 0.25) is 0 Å². The van der Waals surface area contributed by atoms with Crippen molar-refractivity contribution in [3.8, 4) is 0 Å². The number of hydrogen-bond acceptors (Lipinski definition) is 1. The van der Waals surface area contributed by atoms with Crippen LogP contribution in [0, 0.1) is 0 Å². The van der Waals surface area contributed by atoms with E-state index in [1.54, 1.807) is 11.8 Å². The molecule has 0 radical (unpaired) electrons. The van der Waals surface area contributed by atoms with Crippen LogP contribution in [0.15, 0.2) is 29.2 Å². The molecule has 0 heterocycles. The minimum Gasteiger partial charge on any atom is -0.114 e. The lowest BCUT2D eigenvalue weighted by Crippen LogP contribution is -1.85. The van der Waals surface area contributed by atoms with Crippen LogP contribution < -0.4 is 0 Å². The molecule has 1 rings (SSSR count). The number of hydrogen-bond donors (Lipinski definition) is 0. The van der Waals surface area contributed by atoms with Gasteiger partial charge in [0.25, 0.3) is 0 Å². The summed E-state index contributed by atoms with van der Waals surface area (Å²) in [6.45, 7) is 4.40. The molecule has 0 N–H and O–H groups in total. The third kappa shape index (κ3) is 2.72. The zero-order valence-electron chi connectivity index (χ0n) is 7.38. The van der Waals surface area contributed by atoms with Crippen LogP contribution in [0.25, 0.3) is 0 Å². The molecule has 0 nitrogen and oxygen atoms in total. The van der Waals surface area contributed by atoms with E-state index in [1.165, 1.54) is 10.5 Å². The van der Waals surface area contributed by atoms with E-state index in [4.69, 9.17) is 11.6 Å². The minimum atomic E-state index is 0.611. The van der Waals surface area contributed by atoms with Crippen molar-refractivity contribution in [1.29, 1.82) is 0 Å². The van der Waals surface area contributed by atoms with Crippen molar-refractivity contribution in [3.63, 3.8) is 0 Å². The molecule has 0 saturated heterocycles. The van der Waals surface area contributed by atoms with Gasteiger partial charge in [0, 0.05) is 4.90 Å². The first-order chi connectivity index (χ1) is 5.74. The molecule has 0 saturated carbocycles. The van der Waals surface area contributed by atoms with Gasteiger partial charge < -0.3 is 0 Å². The monoisotopic (exact) mass is 200 g/mol. The van der Waals surface area contributed by atoms with Crippen molar-refractivity contribution in [2.45, 2.75) is 24.7 Å². The molecule has 1 aromatic carbocycles. The topological polar surface area (TPSA) is 0 Å². The molecule has 0 bridgehead atoms. The Labute approximate surface area is 83.3 Å². The predicted octanol–water partition coefficient (Wildman–Crippen LogP) is 4.10. The second-order valence-electron chi connectivity index (χ2n) is 2.98. The third-order valence-corrected chi connectivity index (χ3v) is 2.81. The lowest BCUT2D eigenvalue weighted by atomic mass is 10.0. The first-order valence-corrected chi connectivity index (χ1v) is 5.54. The van der Waals surface area contributed by atoms with Crippen LogP contribution in [-0.2, 0) is 0 Å². The fourth-order valence-electron chi connectivity index (χ4n) is 1.01. The Morgan fingerprint density at radius 1 is 1.25 bits per heavy atom. The van der Waals surface area contributed by atoms with Crippen molar-refractivity contribution < 1.29 is 0 Å². The van der Waals surface area contributed by atoms with Crippen LogP contribution in [0.3, 0.4) is 0 Å². The molecule has 12 heavy (non-hydrogen) atoms. The maximum absolute atomic E-state index is 5.60. The van der Waals surface area contributed by atoms with E-state index in [2.05, 4.69) is 38.1 Å². The molecule has 0 aliphatic carbocycles. The van der Waals surface area contributed by atoms with Crippen molar-refractivity contribution >= 4 is 23.4 Å². The molecule has 0 amide bonds. The number of benzene rings is 1. The van der Waals surface area contributed by atoms with Gasteiger partial charge in [-0.3, -0.25) is 0 Å². The number of thioether (sulfide) groups is 1. The Hall–Kier alpha value is -0.140. The van der Waals surface area contributed by atoms with Gasteiger partial charge in [0.1, 0.15) is 0 Å². The molecule has 66 valence electrons. The molecule has 0 unspecified atom stereocenters. The zero-order chi connectivity index (χ0) is 8.97. The van der Waals surface area contributed by atoms with Gasteiger partial charge in [-0.2, -0.15) is 0 Å². The van der Waals surface area contributed by atoms with Gasteiger partial charge in [-0.1, -0.05) is 26.0 Å². The van der Waals surface area contributed by atoms with Crippen LogP contribution in [0.5, 0.6) is 0 Å². The quantitative estimate of drug-likeness (QED) is 0.523. The SMILES string of the molecule is CC(C)c1ccc(SCCl)cc1. The Kier molecular flexibility index (Phi) is 3.96. The van der Waals surface area contributed by atoms with Crippen molar-refractivity contribution in [2.75, 3.05) is 5.21 Å². The number of rotatable bonds is 3. The average molecular weight is 201 g/mol. The highest BCUT2D eigenvalue weighted by molar-refractivity contribution is 8.00. The first kappa shape index (κ1) is 9.94. The molecule has 0 spiro atoms. The van der Waals surface area contributed by atoms with E-state index in [-0.39, 0.29) is 0 Å². The van der Waals surface area contributed by atoms with E-state index in [9.17, 15) is 0 Å². The largest absolute Gasteiger partial charge is 0.114 e. The fraction of sp³-hybridized carbons (Fsp3) is 0.400. The molecule has 0 aliphatic heterocycles. The highest BCUT2D eigenvalue weighted by Gasteiger charge is 1.98. The van der Waals surface area contributed by atoms with Crippen LogP contribution in [0.4, 0.5) is 0 Å². The molecule has 1 aromatic rings. The van der Waals surface area contributed by atoms with E-state index < -0.39 is 0 Å². The molecule has 0 aromatic heterocycles. The summed E-state index contributed by atoms with van der Waals surface area (Å²) in [4.78, 5) is 1.24. The third-order valence-electron chi connectivity index (χ3n) is 1.77. The summed E-state index contributed by atoms with van der Waals surface area (Å²) in [7, 11) is 0. The summed E-state index contributed by atoms with van der Waals surface area (Å²) in [5.41, 5.74) is 1.38. The highest BCUT2D eigenvalue weighted by atomic mass is 35.5. The zero-order valence-corrected chi connectivity index (χ0v) is 8.95. The predicted molar refractivity (Wildman–Crippen MR) is 57.1 cm³/mol. The minimum absolute atomic E-state index is 0.611. The van der Waals surface area contributed by atoms with Crippen molar-refractivity contribution in [3.05, 3.63) is 29.8 Å². The van der Waals surface area contributed by atoms with E-state index in [0.717, 1.165) is 0 Å². The summed E-state index contributed by atoms with van der Waals surface area (Å²) in [5.74, 6) is 0.611. The Morgan fingerprint density at radius 2 is 1.83 bits per heavy atom. The van der Waals surface area contributed by atoms with Gasteiger partial charge in [0.2, 0.25) is 0 Å². The van der Waals surface area contributed by atoms with E-state index in [1.807, 2.05) is 0 Å². The van der Waals surface area contributed by atoms with Crippen LogP contribution in [-0.4, -0.2) is 5.21 Å². The molecule has 0 fully saturated rings. The summed E-state index contributed by atoms with van der Waals surface area (Å²) in [6, 6.07) is 8.59. The molecular weight excluding hydrogens is 188 g/mol. The Morgan fingerprint density at radius 3 is 2.25 bits per heavy atom. The Balaban J connectivity index is 2.71. The van der Waals surface area contributed by atoms with Crippen molar-refractivity contribution in [2.24, 2.45) is 0 Å². The number of halogens is 1. The second-order valence-corrected chi connectivity index (χ2v) is 4.61.